The van der Waals surface area contributed by atoms with Crippen molar-refractivity contribution in [1.82, 2.24) is 9.97 Å². The quantitative estimate of drug-likeness (QED) is 0.151. The van der Waals surface area contributed by atoms with Gasteiger partial charge in [0.2, 0.25) is 0 Å². The number of unbranched alkanes of at least 4 members (excludes halogenated alkanes) is 1. The summed E-state index contributed by atoms with van der Waals surface area (Å²) in [6.45, 7) is 2.10. The molecule has 2 aromatic carbocycles. The fourth-order valence-corrected chi connectivity index (χ4v) is 4.60. The highest BCUT2D eigenvalue weighted by Gasteiger charge is 2.21. The molecular formula is C25H23ClFN3O2S. The normalized spacial score (nSPS) is 11.0. The molecule has 0 bridgehead atoms. The lowest BCUT2D eigenvalue weighted by molar-refractivity contribution is 0.103. The lowest BCUT2D eigenvalue weighted by atomic mass is 10.00. The van der Waals surface area contributed by atoms with E-state index in [2.05, 4.69) is 21.6 Å². The van der Waals surface area contributed by atoms with E-state index in [0.29, 0.717) is 33.1 Å². The van der Waals surface area contributed by atoms with E-state index in [0.717, 1.165) is 29.7 Å². The number of aromatic nitrogens is 2. The number of anilines is 1. The molecule has 0 spiro atoms. The molecule has 4 rings (SSSR count). The molecule has 0 radical (unpaired) electrons. The van der Waals surface area contributed by atoms with E-state index >= 15 is 4.39 Å². The molecule has 2 heterocycles. The van der Waals surface area contributed by atoms with Crippen LogP contribution in [0.4, 0.5) is 10.1 Å². The number of hydrogen-bond acceptors (Lipinski definition) is 5. The second-order valence-electron chi connectivity index (χ2n) is 7.47. The first-order valence-electron chi connectivity index (χ1n) is 10.6. The number of fused-ring (bicyclic) bond motifs is 1. The molecular weight excluding hydrogens is 461 g/mol. The summed E-state index contributed by atoms with van der Waals surface area (Å²) in [6, 6.07) is 12.0. The van der Waals surface area contributed by atoms with Crippen molar-refractivity contribution in [2.24, 2.45) is 0 Å². The maximum absolute atomic E-state index is 15.1. The zero-order valence-electron chi connectivity index (χ0n) is 18.2. The molecule has 0 atom stereocenters. The predicted molar refractivity (Wildman–Crippen MR) is 134 cm³/mol. The minimum atomic E-state index is -0.567. The monoisotopic (exact) mass is 483 g/mol. The number of H-pyrrole nitrogens is 1. The van der Waals surface area contributed by atoms with Crippen LogP contribution in [0.5, 0.6) is 5.75 Å². The van der Waals surface area contributed by atoms with E-state index in [1.54, 1.807) is 43.8 Å². The van der Waals surface area contributed by atoms with Gasteiger partial charge in [-0.3, -0.25) is 4.79 Å². The lowest BCUT2D eigenvalue weighted by Gasteiger charge is -2.10. The highest BCUT2D eigenvalue weighted by molar-refractivity contribution is 8.00. The lowest BCUT2D eigenvalue weighted by Crippen LogP contribution is -2.06. The van der Waals surface area contributed by atoms with E-state index in [1.165, 1.54) is 18.0 Å². The van der Waals surface area contributed by atoms with E-state index < -0.39 is 11.6 Å². The SMILES string of the molecule is CCCCSNc1cccc(C(=O)c2c[nH]c3ncc(-c4ccc(OC)cc4Cl)cc23)c1F. The average Bonchev–Trinajstić information content (AvgIpc) is 3.25. The second kappa shape index (κ2) is 10.3. The third-order valence-electron chi connectivity index (χ3n) is 5.29. The zero-order chi connectivity index (χ0) is 23.4. The van der Waals surface area contributed by atoms with Gasteiger partial charge in [-0.05, 0) is 42.8 Å². The summed E-state index contributed by atoms with van der Waals surface area (Å²) < 4.78 is 23.4. The predicted octanol–water partition coefficient (Wildman–Crippen LogP) is 7.12. The second-order valence-corrected chi connectivity index (χ2v) is 8.78. The van der Waals surface area contributed by atoms with Crippen molar-refractivity contribution in [2.45, 2.75) is 19.8 Å². The molecule has 0 aliphatic rings. The molecule has 0 fully saturated rings. The van der Waals surface area contributed by atoms with Crippen LogP contribution in [-0.4, -0.2) is 28.6 Å². The van der Waals surface area contributed by atoms with Crippen molar-refractivity contribution in [3.8, 4) is 16.9 Å². The highest BCUT2D eigenvalue weighted by Crippen LogP contribution is 2.33. The fourth-order valence-electron chi connectivity index (χ4n) is 3.47. The van der Waals surface area contributed by atoms with Gasteiger partial charge in [0.05, 0.1) is 23.4 Å². The van der Waals surface area contributed by atoms with Crippen LogP contribution in [0, 0.1) is 5.82 Å². The molecule has 8 heteroatoms. The number of aromatic amines is 1. The summed E-state index contributed by atoms with van der Waals surface area (Å²) in [7, 11) is 1.57. The summed E-state index contributed by atoms with van der Waals surface area (Å²) in [4.78, 5) is 20.7. The summed E-state index contributed by atoms with van der Waals surface area (Å²) in [5.74, 6) is 0.523. The molecule has 0 aliphatic carbocycles. The van der Waals surface area contributed by atoms with Crippen molar-refractivity contribution in [3.63, 3.8) is 0 Å². The van der Waals surface area contributed by atoms with Crippen LogP contribution < -0.4 is 9.46 Å². The largest absolute Gasteiger partial charge is 0.497 e. The minimum absolute atomic E-state index is 0.00451. The van der Waals surface area contributed by atoms with E-state index in [9.17, 15) is 4.79 Å². The van der Waals surface area contributed by atoms with E-state index in [1.807, 2.05) is 12.1 Å². The Labute approximate surface area is 200 Å². The number of rotatable bonds is 9. The number of nitrogens with one attached hydrogen (secondary N) is 2. The van der Waals surface area contributed by atoms with Gasteiger partial charge in [0.25, 0.3) is 0 Å². The van der Waals surface area contributed by atoms with Gasteiger partial charge in [0.1, 0.15) is 11.4 Å². The standard InChI is InChI=1S/C25H23ClFN3O2S/c1-3-4-10-33-30-22-7-5-6-18(23(22)27)24(31)20-14-29-25-19(20)11-15(13-28-25)17-9-8-16(32-2)12-21(17)26/h5-9,11-14,30H,3-4,10H2,1-2H3,(H,28,29). The number of methoxy groups -OCH3 is 1. The van der Waals surface area contributed by atoms with Crippen molar-refractivity contribution < 1.29 is 13.9 Å². The third kappa shape index (κ3) is 4.84. The molecule has 0 amide bonds. The first kappa shape index (κ1) is 23.1. The van der Waals surface area contributed by atoms with E-state index in [4.69, 9.17) is 16.3 Å². The third-order valence-corrected chi connectivity index (χ3v) is 6.46. The summed E-state index contributed by atoms with van der Waals surface area (Å²) >= 11 is 7.85. The summed E-state index contributed by atoms with van der Waals surface area (Å²) in [5, 5.41) is 1.10. The van der Waals surface area contributed by atoms with Crippen molar-refractivity contribution in [3.05, 3.63) is 76.8 Å². The number of halogens is 2. The van der Waals surface area contributed by atoms with Gasteiger partial charge >= 0.3 is 0 Å². The van der Waals surface area contributed by atoms with Crippen molar-refractivity contribution in [1.29, 1.82) is 0 Å². The topological polar surface area (TPSA) is 67.0 Å². The highest BCUT2D eigenvalue weighted by atomic mass is 35.5. The molecule has 170 valence electrons. The Kier molecular flexibility index (Phi) is 7.20. The van der Waals surface area contributed by atoms with Gasteiger partial charge in [-0.1, -0.05) is 43.0 Å². The number of benzene rings is 2. The van der Waals surface area contributed by atoms with Crippen molar-refractivity contribution in [2.75, 3.05) is 17.6 Å². The number of ketones is 1. The van der Waals surface area contributed by atoms with Gasteiger partial charge in [-0.25, -0.2) is 9.37 Å². The van der Waals surface area contributed by atoms with Gasteiger partial charge in [-0.2, -0.15) is 0 Å². The number of nitrogens with zero attached hydrogens (tertiary/aromatic N) is 1. The van der Waals surface area contributed by atoms with Crippen LogP contribution in [0.1, 0.15) is 35.7 Å². The molecule has 0 aliphatic heterocycles. The van der Waals surface area contributed by atoms with Gasteiger partial charge < -0.3 is 14.4 Å². The van der Waals surface area contributed by atoms with E-state index in [-0.39, 0.29) is 5.56 Å². The molecule has 2 aromatic heterocycles. The summed E-state index contributed by atoms with van der Waals surface area (Å²) in [6.07, 6.45) is 5.34. The van der Waals surface area contributed by atoms with Crippen LogP contribution in [0.2, 0.25) is 5.02 Å². The minimum Gasteiger partial charge on any atom is -0.497 e. The van der Waals surface area contributed by atoms with Crippen molar-refractivity contribution >= 4 is 46.1 Å². The molecule has 2 N–H and O–H groups in total. The maximum Gasteiger partial charge on any atom is 0.198 e. The Morgan fingerprint density at radius 3 is 2.85 bits per heavy atom. The Morgan fingerprint density at radius 2 is 2.09 bits per heavy atom. The van der Waals surface area contributed by atoms with Crippen LogP contribution in [0.3, 0.4) is 0 Å². The summed E-state index contributed by atoms with van der Waals surface area (Å²) in [5.41, 5.74) is 2.69. The molecule has 0 saturated heterocycles. The zero-order valence-corrected chi connectivity index (χ0v) is 19.8. The molecule has 4 aromatic rings. The molecule has 33 heavy (non-hydrogen) atoms. The molecule has 0 unspecified atom stereocenters. The Balaban J connectivity index is 1.68. The number of hydrogen-bond donors (Lipinski definition) is 2. The van der Waals surface area contributed by atoms with Gasteiger partial charge in [-0.15, -0.1) is 0 Å². The first-order chi connectivity index (χ1) is 16.0. The Morgan fingerprint density at radius 1 is 1.24 bits per heavy atom. The molecule has 5 nitrogen and oxygen atoms in total. The smallest absolute Gasteiger partial charge is 0.198 e. The van der Waals surface area contributed by atoms with Gasteiger partial charge in [0.15, 0.2) is 11.6 Å². The Bertz CT molecular complexity index is 1310. The first-order valence-corrected chi connectivity index (χ1v) is 11.9. The van der Waals surface area contributed by atoms with Crippen LogP contribution in [0.25, 0.3) is 22.2 Å². The number of pyridine rings is 1. The number of carbonyl (C=O) groups is 1. The Hall–Kier alpha value is -3.03. The van der Waals surface area contributed by atoms with Crippen LogP contribution in [0.15, 0.2) is 54.9 Å². The van der Waals surface area contributed by atoms with Crippen LogP contribution in [-0.2, 0) is 0 Å². The number of carbonyl (C=O) groups excluding carboxylic acids is 1. The number of ether oxygens (including phenoxy) is 1. The molecule has 0 saturated carbocycles. The fraction of sp³-hybridized carbons (Fsp3) is 0.200. The average molecular weight is 484 g/mol. The van der Waals surface area contributed by atoms with Crippen LogP contribution >= 0.6 is 23.5 Å². The van der Waals surface area contributed by atoms with Gasteiger partial charge in [0, 0.05) is 40.2 Å². The maximum atomic E-state index is 15.1.